The van der Waals surface area contributed by atoms with E-state index in [1.54, 1.807) is 38.1 Å². The minimum Gasteiger partial charge on any atom is -0.478 e. The molecule has 0 aliphatic heterocycles. The monoisotopic (exact) mass is 274 g/mol. The predicted octanol–water partition coefficient (Wildman–Crippen LogP) is 1.64. The zero-order valence-corrected chi connectivity index (χ0v) is 11.6. The van der Waals surface area contributed by atoms with Crippen molar-refractivity contribution in [3.8, 4) is 12.3 Å². The summed E-state index contributed by atoms with van der Waals surface area (Å²) in [6.07, 6.45) is 5.89. The molecule has 1 aromatic carbocycles. The first-order valence-electron chi connectivity index (χ1n) is 6.20. The van der Waals surface area contributed by atoms with E-state index < -0.39 is 11.5 Å². The molecule has 0 aliphatic carbocycles. The topological polar surface area (TPSA) is 78.4 Å². The molecule has 0 spiro atoms. The molecule has 5 heteroatoms. The van der Waals surface area contributed by atoms with Crippen molar-refractivity contribution in [2.24, 2.45) is 0 Å². The van der Waals surface area contributed by atoms with E-state index in [4.69, 9.17) is 11.5 Å². The SMILES string of the molecule is C#CC(C)(C)NC(=O)NCCc1ccc(C(=O)O)cc1. The van der Waals surface area contributed by atoms with Crippen LogP contribution in [0.25, 0.3) is 0 Å². The number of carbonyl (C=O) groups excluding carboxylic acids is 1. The highest BCUT2D eigenvalue weighted by Crippen LogP contribution is 2.05. The predicted molar refractivity (Wildman–Crippen MR) is 76.6 cm³/mol. The third-order valence-electron chi connectivity index (χ3n) is 2.69. The number of benzene rings is 1. The Balaban J connectivity index is 2.39. The van der Waals surface area contributed by atoms with Crippen molar-refractivity contribution >= 4 is 12.0 Å². The summed E-state index contributed by atoms with van der Waals surface area (Å²) in [4.78, 5) is 22.3. The van der Waals surface area contributed by atoms with Crippen molar-refractivity contribution < 1.29 is 14.7 Å². The Hall–Kier alpha value is -2.48. The van der Waals surface area contributed by atoms with Gasteiger partial charge in [-0.1, -0.05) is 18.1 Å². The third-order valence-corrected chi connectivity index (χ3v) is 2.69. The van der Waals surface area contributed by atoms with Gasteiger partial charge in [-0.3, -0.25) is 0 Å². The van der Waals surface area contributed by atoms with Crippen LogP contribution in [0.1, 0.15) is 29.8 Å². The van der Waals surface area contributed by atoms with E-state index in [9.17, 15) is 9.59 Å². The molecule has 0 heterocycles. The van der Waals surface area contributed by atoms with Crippen LogP contribution in [0.5, 0.6) is 0 Å². The molecule has 0 fully saturated rings. The van der Waals surface area contributed by atoms with E-state index in [0.29, 0.717) is 13.0 Å². The standard InChI is InChI=1S/C15H18N2O3/c1-4-15(2,3)17-14(20)16-10-9-11-5-7-12(8-6-11)13(18)19/h1,5-8H,9-10H2,2-3H3,(H,18,19)(H2,16,17,20). The maximum atomic E-state index is 11.6. The van der Waals surface area contributed by atoms with Gasteiger partial charge in [0, 0.05) is 6.54 Å². The minimum absolute atomic E-state index is 0.246. The zero-order valence-electron chi connectivity index (χ0n) is 11.6. The first-order valence-corrected chi connectivity index (χ1v) is 6.20. The molecule has 0 saturated heterocycles. The second-order valence-electron chi connectivity index (χ2n) is 4.90. The summed E-state index contributed by atoms with van der Waals surface area (Å²) in [5, 5.41) is 14.1. The molecule has 0 atom stereocenters. The Kier molecular flexibility index (Phi) is 5.15. The fourth-order valence-corrected chi connectivity index (χ4v) is 1.50. The Morgan fingerprint density at radius 1 is 1.30 bits per heavy atom. The lowest BCUT2D eigenvalue weighted by molar-refractivity contribution is 0.0697. The summed E-state index contributed by atoms with van der Waals surface area (Å²) in [6, 6.07) is 6.22. The van der Waals surface area contributed by atoms with Gasteiger partial charge in [0.15, 0.2) is 0 Å². The van der Waals surface area contributed by atoms with E-state index in [1.807, 2.05) is 0 Å². The van der Waals surface area contributed by atoms with Crippen molar-refractivity contribution in [3.05, 3.63) is 35.4 Å². The second-order valence-corrected chi connectivity index (χ2v) is 4.90. The first kappa shape index (κ1) is 15.6. The van der Waals surface area contributed by atoms with Crippen LogP contribution in [-0.2, 0) is 6.42 Å². The molecule has 0 aromatic heterocycles. The molecule has 1 rings (SSSR count). The highest BCUT2D eigenvalue weighted by molar-refractivity contribution is 5.87. The van der Waals surface area contributed by atoms with Gasteiger partial charge in [0.1, 0.15) is 0 Å². The average Bonchev–Trinajstić information content (AvgIpc) is 2.38. The smallest absolute Gasteiger partial charge is 0.335 e. The average molecular weight is 274 g/mol. The number of hydrogen-bond acceptors (Lipinski definition) is 2. The lowest BCUT2D eigenvalue weighted by Crippen LogP contribution is -2.47. The summed E-state index contributed by atoms with van der Waals surface area (Å²) in [5.41, 5.74) is 0.509. The highest BCUT2D eigenvalue weighted by atomic mass is 16.4. The van der Waals surface area contributed by atoms with Gasteiger partial charge >= 0.3 is 12.0 Å². The molecule has 2 amide bonds. The molecule has 0 saturated carbocycles. The van der Waals surface area contributed by atoms with E-state index in [1.165, 1.54) is 0 Å². The Bertz CT molecular complexity index is 527. The largest absolute Gasteiger partial charge is 0.478 e. The van der Waals surface area contributed by atoms with Crippen LogP contribution in [0.3, 0.4) is 0 Å². The van der Waals surface area contributed by atoms with Gasteiger partial charge in [-0.25, -0.2) is 9.59 Å². The van der Waals surface area contributed by atoms with Crippen LogP contribution in [0.2, 0.25) is 0 Å². The maximum absolute atomic E-state index is 11.6. The number of terminal acetylenes is 1. The van der Waals surface area contributed by atoms with Gasteiger partial charge in [0.25, 0.3) is 0 Å². The number of urea groups is 1. The summed E-state index contributed by atoms with van der Waals surface area (Å²) >= 11 is 0. The molecule has 1 aromatic rings. The van der Waals surface area contributed by atoms with Crippen molar-refractivity contribution in [2.75, 3.05) is 6.54 Å². The van der Waals surface area contributed by atoms with Crippen LogP contribution in [0, 0.1) is 12.3 Å². The van der Waals surface area contributed by atoms with Gasteiger partial charge in [-0.05, 0) is 38.0 Å². The van der Waals surface area contributed by atoms with E-state index in [2.05, 4.69) is 16.6 Å². The maximum Gasteiger partial charge on any atom is 0.335 e. The zero-order chi connectivity index (χ0) is 15.2. The minimum atomic E-state index is -0.953. The van der Waals surface area contributed by atoms with Gasteiger partial charge in [0.05, 0.1) is 11.1 Å². The Labute approximate surface area is 118 Å². The Morgan fingerprint density at radius 2 is 1.90 bits per heavy atom. The number of aromatic carboxylic acids is 1. The van der Waals surface area contributed by atoms with Crippen LogP contribution in [-0.4, -0.2) is 29.2 Å². The van der Waals surface area contributed by atoms with E-state index in [-0.39, 0.29) is 11.6 Å². The number of nitrogens with one attached hydrogen (secondary N) is 2. The molecule has 106 valence electrons. The van der Waals surface area contributed by atoms with Crippen molar-refractivity contribution in [2.45, 2.75) is 25.8 Å². The summed E-state index contributed by atoms with van der Waals surface area (Å²) < 4.78 is 0. The van der Waals surface area contributed by atoms with E-state index >= 15 is 0 Å². The fourth-order valence-electron chi connectivity index (χ4n) is 1.50. The molecule has 0 unspecified atom stereocenters. The summed E-state index contributed by atoms with van der Waals surface area (Å²) in [6.45, 7) is 3.91. The molecule has 3 N–H and O–H groups in total. The van der Waals surface area contributed by atoms with Crippen molar-refractivity contribution in [3.63, 3.8) is 0 Å². The van der Waals surface area contributed by atoms with Gasteiger partial charge in [-0.15, -0.1) is 6.42 Å². The van der Waals surface area contributed by atoms with Crippen LogP contribution >= 0.6 is 0 Å². The number of carboxylic acids is 1. The number of carbonyl (C=O) groups is 2. The van der Waals surface area contributed by atoms with Gasteiger partial charge in [0.2, 0.25) is 0 Å². The second kappa shape index (κ2) is 6.62. The molecule has 20 heavy (non-hydrogen) atoms. The molecule has 5 nitrogen and oxygen atoms in total. The highest BCUT2D eigenvalue weighted by Gasteiger charge is 2.16. The van der Waals surface area contributed by atoms with Gasteiger partial charge < -0.3 is 15.7 Å². The first-order chi connectivity index (χ1) is 9.34. The number of carboxylic acid groups (broad SMARTS) is 1. The molecular formula is C15H18N2O3. The Morgan fingerprint density at radius 3 is 2.40 bits per heavy atom. The fraction of sp³-hybridized carbons (Fsp3) is 0.333. The molecule has 0 radical (unpaired) electrons. The normalized spacial score (nSPS) is 10.4. The van der Waals surface area contributed by atoms with Crippen molar-refractivity contribution in [1.29, 1.82) is 0 Å². The summed E-state index contributed by atoms with van der Waals surface area (Å²) in [7, 11) is 0. The molecule has 0 aliphatic rings. The quantitative estimate of drug-likeness (QED) is 0.714. The van der Waals surface area contributed by atoms with E-state index in [0.717, 1.165) is 5.56 Å². The number of rotatable bonds is 5. The molecular weight excluding hydrogens is 256 g/mol. The van der Waals surface area contributed by atoms with Crippen LogP contribution < -0.4 is 10.6 Å². The van der Waals surface area contributed by atoms with Crippen LogP contribution in [0.15, 0.2) is 24.3 Å². The van der Waals surface area contributed by atoms with Crippen LogP contribution in [0.4, 0.5) is 4.79 Å². The lowest BCUT2D eigenvalue weighted by atomic mass is 10.1. The van der Waals surface area contributed by atoms with Crippen molar-refractivity contribution in [1.82, 2.24) is 10.6 Å². The van der Waals surface area contributed by atoms with Gasteiger partial charge in [-0.2, -0.15) is 0 Å². The molecule has 0 bridgehead atoms. The lowest BCUT2D eigenvalue weighted by Gasteiger charge is -2.19. The number of amides is 2. The summed E-state index contributed by atoms with van der Waals surface area (Å²) in [5.74, 6) is 1.52. The third kappa shape index (κ3) is 5.02. The number of hydrogen-bond donors (Lipinski definition) is 3.